The first kappa shape index (κ1) is 8.81. The monoisotopic (exact) mass is 187 g/mol. The molecule has 0 fully saturated rings. The lowest BCUT2D eigenvalue weighted by molar-refractivity contribution is 0.854. The van der Waals surface area contributed by atoms with E-state index in [0.29, 0.717) is 0 Å². The number of rotatable bonds is 2. The van der Waals surface area contributed by atoms with Gasteiger partial charge in [0.2, 0.25) is 0 Å². The lowest BCUT2D eigenvalue weighted by Crippen LogP contribution is -1.97. The van der Waals surface area contributed by atoms with Crippen LogP contribution in [0.1, 0.15) is 24.1 Å². The fourth-order valence-corrected chi connectivity index (χ4v) is 1.51. The van der Waals surface area contributed by atoms with E-state index < -0.39 is 0 Å². The molecule has 1 heterocycles. The van der Waals surface area contributed by atoms with Crippen molar-refractivity contribution in [1.82, 2.24) is 10.2 Å². The van der Waals surface area contributed by atoms with E-state index in [-0.39, 0.29) is 5.92 Å². The summed E-state index contributed by atoms with van der Waals surface area (Å²) >= 11 is 0. The van der Waals surface area contributed by atoms with E-state index in [0.717, 1.165) is 11.4 Å². The SMILES string of the molecule is CC(c1cccc(N)c1)c1cc[nH]n1. The van der Waals surface area contributed by atoms with E-state index in [2.05, 4.69) is 23.2 Å². The minimum Gasteiger partial charge on any atom is -0.399 e. The van der Waals surface area contributed by atoms with E-state index in [1.807, 2.05) is 30.5 Å². The van der Waals surface area contributed by atoms with Crippen LogP contribution < -0.4 is 5.73 Å². The highest BCUT2D eigenvalue weighted by Crippen LogP contribution is 2.23. The Balaban J connectivity index is 2.32. The van der Waals surface area contributed by atoms with Gasteiger partial charge in [0.25, 0.3) is 0 Å². The molecule has 3 N–H and O–H groups in total. The number of nitrogens with zero attached hydrogens (tertiary/aromatic N) is 1. The van der Waals surface area contributed by atoms with E-state index in [1.54, 1.807) is 0 Å². The zero-order valence-corrected chi connectivity index (χ0v) is 8.07. The molecule has 1 unspecified atom stereocenters. The van der Waals surface area contributed by atoms with E-state index in [4.69, 9.17) is 5.73 Å². The number of nitrogen functional groups attached to an aromatic ring is 1. The van der Waals surface area contributed by atoms with Crippen molar-refractivity contribution < 1.29 is 0 Å². The molecule has 1 atom stereocenters. The molecule has 0 saturated heterocycles. The minimum absolute atomic E-state index is 0.282. The van der Waals surface area contributed by atoms with Gasteiger partial charge in [-0.05, 0) is 23.8 Å². The van der Waals surface area contributed by atoms with Crippen molar-refractivity contribution in [1.29, 1.82) is 0 Å². The standard InChI is InChI=1S/C11H13N3/c1-8(11-5-6-13-14-11)9-3-2-4-10(12)7-9/h2-8H,12H2,1H3,(H,13,14). The molecule has 0 radical (unpaired) electrons. The van der Waals surface area contributed by atoms with Gasteiger partial charge in [0, 0.05) is 17.8 Å². The van der Waals surface area contributed by atoms with Crippen molar-refractivity contribution in [3.8, 4) is 0 Å². The van der Waals surface area contributed by atoms with Crippen LogP contribution in [0.25, 0.3) is 0 Å². The molecule has 0 aliphatic heterocycles. The van der Waals surface area contributed by atoms with Gasteiger partial charge in [-0.15, -0.1) is 0 Å². The predicted molar refractivity (Wildman–Crippen MR) is 57.0 cm³/mol. The highest BCUT2D eigenvalue weighted by Gasteiger charge is 2.09. The smallest absolute Gasteiger partial charge is 0.0693 e. The molecule has 1 aromatic carbocycles. The van der Waals surface area contributed by atoms with Crippen molar-refractivity contribution in [2.75, 3.05) is 5.73 Å². The van der Waals surface area contributed by atoms with Crippen LogP contribution in [0.4, 0.5) is 5.69 Å². The molecule has 0 aliphatic carbocycles. The molecule has 72 valence electrons. The number of hydrogen-bond donors (Lipinski definition) is 2. The first-order chi connectivity index (χ1) is 6.77. The summed E-state index contributed by atoms with van der Waals surface area (Å²) < 4.78 is 0. The fraction of sp³-hybridized carbons (Fsp3) is 0.182. The number of hydrogen-bond acceptors (Lipinski definition) is 2. The van der Waals surface area contributed by atoms with E-state index in [1.165, 1.54) is 5.56 Å². The summed E-state index contributed by atoms with van der Waals surface area (Å²) in [6.45, 7) is 2.12. The predicted octanol–water partition coefficient (Wildman–Crippen LogP) is 2.14. The van der Waals surface area contributed by atoms with Crippen LogP contribution in [-0.2, 0) is 0 Å². The van der Waals surface area contributed by atoms with Crippen LogP contribution in [0, 0.1) is 0 Å². The average Bonchev–Trinajstić information content (AvgIpc) is 2.69. The third-order valence-corrected chi connectivity index (χ3v) is 2.38. The Labute approximate surface area is 83.0 Å². The number of H-pyrrole nitrogens is 1. The normalized spacial score (nSPS) is 12.6. The summed E-state index contributed by atoms with van der Waals surface area (Å²) in [5.41, 5.74) is 8.75. The molecule has 0 aliphatic rings. The molecular weight excluding hydrogens is 174 g/mol. The van der Waals surface area contributed by atoms with Gasteiger partial charge in [-0.2, -0.15) is 5.10 Å². The summed E-state index contributed by atoms with van der Waals surface area (Å²) in [6.07, 6.45) is 1.83. The third-order valence-electron chi connectivity index (χ3n) is 2.38. The van der Waals surface area contributed by atoms with Crippen LogP contribution in [-0.4, -0.2) is 10.2 Å². The molecule has 3 heteroatoms. The largest absolute Gasteiger partial charge is 0.399 e. The summed E-state index contributed by atoms with van der Waals surface area (Å²) in [4.78, 5) is 0. The minimum atomic E-state index is 0.282. The van der Waals surface area contributed by atoms with Gasteiger partial charge >= 0.3 is 0 Å². The van der Waals surface area contributed by atoms with Gasteiger partial charge in [0.1, 0.15) is 0 Å². The van der Waals surface area contributed by atoms with Gasteiger partial charge < -0.3 is 5.73 Å². The van der Waals surface area contributed by atoms with Crippen LogP contribution in [0.5, 0.6) is 0 Å². The molecule has 0 bridgehead atoms. The van der Waals surface area contributed by atoms with Crippen molar-refractivity contribution in [2.45, 2.75) is 12.8 Å². The maximum absolute atomic E-state index is 5.72. The fourth-order valence-electron chi connectivity index (χ4n) is 1.51. The summed E-state index contributed by atoms with van der Waals surface area (Å²) in [5.74, 6) is 0.282. The van der Waals surface area contributed by atoms with Crippen LogP contribution in [0.15, 0.2) is 36.5 Å². The van der Waals surface area contributed by atoms with Crippen LogP contribution in [0.2, 0.25) is 0 Å². The average molecular weight is 187 g/mol. The van der Waals surface area contributed by atoms with Crippen molar-refractivity contribution in [3.63, 3.8) is 0 Å². The molecule has 3 nitrogen and oxygen atoms in total. The molecule has 1 aromatic heterocycles. The molecular formula is C11H13N3. The summed E-state index contributed by atoms with van der Waals surface area (Å²) in [7, 11) is 0. The highest BCUT2D eigenvalue weighted by molar-refractivity contribution is 5.43. The lowest BCUT2D eigenvalue weighted by atomic mass is 9.98. The topological polar surface area (TPSA) is 54.7 Å². The molecule has 0 spiro atoms. The molecule has 0 amide bonds. The Kier molecular flexibility index (Phi) is 2.23. The maximum Gasteiger partial charge on any atom is 0.0693 e. The number of aromatic nitrogens is 2. The van der Waals surface area contributed by atoms with Crippen molar-refractivity contribution in [2.24, 2.45) is 0 Å². The molecule has 14 heavy (non-hydrogen) atoms. The molecule has 2 aromatic rings. The number of nitrogens with one attached hydrogen (secondary N) is 1. The quantitative estimate of drug-likeness (QED) is 0.708. The zero-order chi connectivity index (χ0) is 9.97. The maximum atomic E-state index is 5.72. The molecule has 2 rings (SSSR count). The second-order valence-corrected chi connectivity index (χ2v) is 3.39. The Hall–Kier alpha value is -1.77. The van der Waals surface area contributed by atoms with Crippen molar-refractivity contribution >= 4 is 5.69 Å². The van der Waals surface area contributed by atoms with Crippen molar-refractivity contribution in [3.05, 3.63) is 47.8 Å². The van der Waals surface area contributed by atoms with Crippen LogP contribution in [0.3, 0.4) is 0 Å². The van der Waals surface area contributed by atoms with E-state index in [9.17, 15) is 0 Å². The van der Waals surface area contributed by atoms with Gasteiger partial charge in [-0.1, -0.05) is 19.1 Å². The second-order valence-electron chi connectivity index (χ2n) is 3.39. The zero-order valence-electron chi connectivity index (χ0n) is 8.07. The van der Waals surface area contributed by atoms with Crippen LogP contribution >= 0.6 is 0 Å². The van der Waals surface area contributed by atoms with E-state index >= 15 is 0 Å². The first-order valence-corrected chi connectivity index (χ1v) is 4.62. The first-order valence-electron chi connectivity index (χ1n) is 4.62. The number of nitrogens with two attached hydrogens (primary N) is 1. The van der Waals surface area contributed by atoms with Gasteiger partial charge in [0.15, 0.2) is 0 Å². The Morgan fingerprint density at radius 1 is 1.36 bits per heavy atom. The number of benzene rings is 1. The Bertz CT molecular complexity index is 406. The highest BCUT2D eigenvalue weighted by atomic mass is 15.1. The number of anilines is 1. The van der Waals surface area contributed by atoms with Gasteiger partial charge in [-0.3, -0.25) is 5.10 Å². The Morgan fingerprint density at radius 3 is 2.86 bits per heavy atom. The third kappa shape index (κ3) is 1.62. The summed E-state index contributed by atoms with van der Waals surface area (Å²) in [5, 5.41) is 6.97. The van der Waals surface area contributed by atoms with Gasteiger partial charge in [0.05, 0.1) is 5.69 Å². The van der Waals surface area contributed by atoms with Gasteiger partial charge in [-0.25, -0.2) is 0 Å². The number of aromatic amines is 1. The molecule has 0 saturated carbocycles. The lowest BCUT2D eigenvalue weighted by Gasteiger charge is -2.08. The Morgan fingerprint density at radius 2 is 2.21 bits per heavy atom. The summed E-state index contributed by atoms with van der Waals surface area (Å²) in [6, 6.07) is 9.89. The second kappa shape index (κ2) is 3.54.